The molecule has 0 radical (unpaired) electrons. The molecule has 0 bridgehead atoms. The first-order valence-electron chi connectivity index (χ1n) is 8.66. The lowest BCUT2D eigenvalue weighted by atomic mass is 10.2. The van der Waals surface area contributed by atoms with Gasteiger partial charge in [-0.2, -0.15) is 11.3 Å². The Bertz CT molecular complexity index is 748. The van der Waals surface area contributed by atoms with E-state index in [-0.39, 0.29) is 18.1 Å². The number of hydrogen-bond donors (Lipinski definition) is 1. The van der Waals surface area contributed by atoms with Gasteiger partial charge >= 0.3 is 0 Å². The standard InChI is InChI=1S/C19H23N3O3S/c20-19(24)16-4-1-2-5-17(16)25-13-18(23)22-8-3-7-21(9-10-22)12-15-6-11-26-14-15/h1-2,4-6,11,14H,3,7-10,12-13H2,(H2,20,24). The average Bonchev–Trinajstić information content (AvgIpc) is 3.04. The Balaban J connectivity index is 1.51. The van der Waals surface area contributed by atoms with Gasteiger partial charge in [0, 0.05) is 32.7 Å². The first kappa shape index (κ1) is 18.4. The number of carbonyl (C=O) groups excluding carboxylic acids is 2. The number of ether oxygens (including phenoxy) is 1. The quantitative estimate of drug-likeness (QED) is 0.840. The number of primary amides is 1. The molecule has 2 aromatic rings. The minimum absolute atomic E-state index is 0.0679. The lowest BCUT2D eigenvalue weighted by Crippen LogP contribution is -2.38. The summed E-state index contributed by atoms with van der Waals surface area (Å²) in [5.41, 5.74) is 6.95. The van der Waals surface area contributed by atoms with Crippen molar-refractivity contribution in [3.8, 4) is 5.75 Å². The Morgan fingerprint density at radius 3 is 2.73 bits per heavy atom. The molecule has 2 heterocycles. The molecule has 26 heavy (non-hydrogen) atoms. The minimum Gasteiger partial charge on any atom is -0.483 e. The second kappa shape index (κ2) is 8.82. The average molecular weight is 373 g/mol. The molecule has 3 rings (SSSR count). The van der Waals surface area contributed by atoms with E-state index in [9.17, 15) is 9.59 Å². The molecule has 0 unspecified atom stereocenters. The molecule has 0 saturated carbocycles. The normalized spacial score (nSPS) is 15.5. The smallest absolute Gasteiger partial charge is 0.260 e. The zero-order valence-corrected chi connectivity index (χ0v) is 15.4. The second-order valence-electron chi connectivity index (χ2n) is 6.29. The predicted molar refractivity (Wildman–Crippen MR) is 101 cm³/mol. The molecule has 2 N–H and O–H groups in total. The van der Waals surface area contributed by atoms with E-state index in [4.69, 9.17) is 10.5 Å². The van der Waals surface area contributed by atoms with Crippen molar-refractivity contribution in [1.82, 2.24) is 9.80 Å². The van der Waals surface area contributed by atoms with Gasteiger partial charge in [-0.3, -0.25) is 14.5 Å². The topological polar surface area (TPSA) is 75.9 Å². The Kier molecular flexibility index (Phi) is 6.25. The van der Waals surface area contributed by atoms with Gasteiger partial charge < -0.3 is 15.4 Å². The summed E-state index contributed by atoms with van der Waals surface area (Å²) < 4.78 is 5.56. The van der Waals surface area contributed by atoms with Gasteiger partial charge in [-0.1, -0.05) is 12.1 Å². The van der Waals surface area contributed by atoms with E-state index in [0.29, 0.717) is 12.3 Å². The third-order valence-corrected chi connectivity index (χ3v) is 5.16. The van der Waals surface area contributed by atoms with Gasteiger partial charge in [0.2, 0.25) is 0 Å². The zero-order valence-electron chi connectivity index (χ0n) is 14.6. The second-order valence-corrected chi connectivity index (χ2v) is 7.07. The summed E-state index contributed by atoms with van der Waals surface area (Å²) in [4.78, 5) is 28.1. The molecular formula is C19H23N3O3S. The lowest BCUT2D eigenvalue weighted by Gasteiger charge is -2.22. The highest BCUT2D eigenvalue weighted by Gasteiger charge is 2.20. The maximum absolute atomic E-state index is 12.5. The van der Waals surface area contributed by atoms with E-state index < -0.39 is 5.91 Å². The molecular weight excluding hydrogens is 350 g/mol. The van der Waals surface area contributed by atoms with Crippen LogP contribution in [0.5, 0.6) is 5.75 Å². The molecule has 1 aromatic heterocycles. The highest BCUT2D eigenvalue weighted by Crippen LogP contribution is 2.17. The van der Waals surface area contributed by atoms with Crippen molar-refractivity contribution in [2.75, 3.05) is 32.8 Å². The van der Waals surface area contributed by atoms with Crippen LogP contribution in [0.3, 0.4) is 0 Å². The molecule has 1 saturated heterocycles. The molecule has 2 amide bonds. The Hall–Kier alpha value is -2.38. The van der Waals surface area contributed by atoms with E-state index in [1.807, 2.05) is 4.90 Å². The van der Waals surface area contributed by atoms with Crippen LogP contribution < -0.4 is 10.5 Å². The van der Waals surface area contributed by atoms with Crippen molar-refractivity contribution >= 4 is 23.2 Å². The van der Waals surface area contributed by atoms with Crippen LogP contribution in [-0.4, -0.2) is 54.4 Å². The molecule has 7 heteroatoms. The number of amides is 2. The van der Waals surface area contributed by atoms with Crippen molar-refractivity contribution in [2.45, 2.75) is 13.0 Å². The number of nitrogens with two attached hydrogens (primary N) is 1. The summed E-state index contributed by atoms with van der Waals surface area (Å²) >= 11 is 1.71. The van der Waals surface area contributed by atoms with Gasteiger partial charge in [0.05, 0.1) is 5.56 Å². The first-order chi connectivity index (χ1) is 12.6. The number of thiophene rings is 1. The lowest BCUT2D eigenvalue weighted by molar-refractivity contribution is -0.133. The van der Waals surface area contributed by atoms with Crippen molar-refractivity contribution in [1.29, 1.82) is 0 Å². The summed E-state index contributed by atoms with van der Waals surface area (Å²) in [6.45, 7) is 4.07. The summed E-state index contributed by atoms with van der Waals surface area (Å²) in [6.07, 6.45) is 0.938. The maximum atomic E-state index is 12.5. The third-order valence-electron chi connectivity index (χ3n) is 4.43. The van der Waals surface area contributed by atoms with Crippen LogP contribution in [0, 0.1) is 0 Å². The van der Waals surface area contributed by atoms with Crippen molar-refractivity contribution < 1.29 is 14.3 Å². The van der Waals surface area contributed by atoms with Crippen molar-refractivity contribution in [3.63, 3.8) is 0 Å². The molecule has 1 aliphatic heterocycles. The first-order valence-corrected chi connectivity index (χ1v) is 9.60. The summed E-state index contributed by atoms with van der Waals surface area (Å²) in [5, 5.41) is 4.25. The van der Waals surface area contributed by atoms with E-state index in [1.54, 1.807) is 35.6 Å². The molecule has 0 spiro atoms. The van der Waals surface area contributed by atoms with Crippen LogP contribution in [0.4, 0.5) is 0 Å². The molecule has 0 aliphatic carbocycles. The summed E-state index contributed by atoms with van der Waals surface area (Å²) in [6, 6.07) is 8.85. The fourth-order valence-corrected chi connectivity index (χ4v) is 3.71. The molecule has 6 nitrogen and oxygen atoms in total. The Morgan fingerprint density at radius 1 is 1.12 bits per heavy atom. The van der Waals surface area contributed by atoms with Gasteiger partial charge in [-0.25, -0.2) is 0 Å². The van der Waals surface area contributed by atoms with Gasteiger partial charge in [0.15, 0.2) is 6.61 Å². The van der Waals surface area contributed by atoms with Gasteiger partial charge in [0.1, 0.15) is 5.75 Å². The van der Waals surface area contributed by atoms with E-state index in [2.05, 4.69) is 21.7 Å². The molecule has 0 atom stereocenters. The molecule has 1 fully saturated rings. The van der Waals surface area contributed by atoms with Crippen LogP contribution in [0.1, 0.15) is 22.3 Å². The van der Waals surface area contributed by atoms with Crippen LogP contribution in [0.15, 0.2) is 41.1 Å². The fourth-order valence-electron chi connectivity index (χ4n) is 3.05. The van der Waals surface area contributed by atoms with Crippen LogP contribution in [-0.2, 0) is 11.3 Å². The van der Waals surface area contributed by atoms with E-state index in [0.717, 1.165) is 32.6 Å². The van der Waals surface area contributed by atoms with E-state index in [1.165, 1.54) is 5.56 Å². The van der Waals surface area contributed by atoms with Gasteiger partial charge in [-0.05, 0) is 40.9 Å². The number of para-hydroxylation sites is 1. The monoisotopic (exact) mass is 373 g/mol. The third kappa shape index (κ3) is 4.83. The highest BCUT2D eigenvalue weighted by molar-refractivity contribution is 7.07. The van der Waals surface area contributed by atoms with E-state index >= 15 is 0 Å². The fraction of sp³-hybridized carbons (Fsp3) is 0.368. The number of carbonyl (C=O) groups is 2. The predicted octanol–water partition coefficient (Wildman–Crippen LogP) is 1.96. The molecule has 138 valence electrons. The molecule has 1 aliphatic rings. The summed E-state index contributed by atoms with van der Waals surface area (Å²) in [5.74, 6) is -0.282. The highest BCUT2D eigenvalue weighted by atomic mass is 32.1. The number of nitrogens with zero attached hydrogens (tertiary/aromatic N) is 2. The zero-order chi connectivity index (χ0) is 18.4. The number of rotatable bonds is 6. The summed E-state index contributed by atoms with van der Waals surface area (Å²) in [7, 11) is 0. The number of hydrogen-bond acceptors (Lipinski definition) is 5. The Labute approximate surface area is 157 Å². The van der Waals surface area contributed by atoms with Crippen LogP contribution in [0.25, 0.3) is 0 Å². The Morgan fingerprint density at radius 2 is 1.96 bits per heavy atom. The van der Waals surface area contributed by atoms with Crippen LogP contribution in [0.2, 0.25) is 0 Å². The number of benzene rings is 1. The van der Waals surface area contributed by atoms with Crippen LogP contribution >= 0.6 is 11.3 Å². The maximum Gasteiger partial charge on any atom is 0.260 e. The van der Waals surface area contributed by atoms with Gasteiger partial charge in [0.25, 0.3) is 11.8 Å². The minimum atomic E-state index is -0.563. The van der Waals surface area contributed by atoms with Crippen molar-refractivity contribution in [3.05, 3.63) is 52.2 Å². The SMILES string of the molecule is NC(=O)c1ccccc1OCC(=O)N1CCCN(Cc2ccsc2)CC1. The molecule has 1 aromatic carbocycles. The van der Waals surface area contributed by atoms with Crippen molar-refractivity contribution in [2.24, 2.45) is 5.73 Å². The van der Waals surface area contributed by atoms with Gasteiger partial charge in [-0.15, -0.1) is 0 Å². The largest absolute Gasteiger partial charge is 0.483 e.